The van der Waals surface area contributed by atoms with E-state index in [4.69, 9.17) is 9.47 Å². The Kier molecular flexibility index (Phi) is 9.94. The molecule has 0 aromatic rings. The number of Topliss-reactive ketones (excluding diaryl/α,β-unsaturated/α-hetero) is 1. The highest BCUT2D eigenvalue weighted by Crippen LogP contribution is 2.69. The van der Waals surface area contributed by atoms with Crippen LogP contribution in [0.5, 0.6) is 0 Å². The first-order valence-corrected chi connectivity index (χ1v) is 14.8. The molecule has 1 amide bonds. The molecule has 4 aliphatic carbocycles. The number of esters is 1. The van der Waals surface area contributed by atoms with Crippen LogP contribution in [0.1, 0.15) is 46.0 Å². The summed E-state index contributed by atoms with van der Waals surface area (Å²) in [7, 11) is 0. The van der Waals surface area contributed by atoms with Crippen LogP contribution < -0.4 is 5.32 Å². The second kappa shape index (κ2) is 13.1. The van der Waals surface area contributed by atoms with E-state index in [1.165, 1.54) is 25.2 Å². The third-order valence-corrected chi connectivity index (χ3v) is 10.3. The van der Waals surface area contributed by atoms with Gasteiger partial charge in [-0.2, -0.15) is 0 Å². The maximum Gasteiger partial charge on any atom is 0.408 e. The van der Waals surface area contributed by atoms with Gasteiger partial charge in [0.05, 0.1) is 18.8 Å². The zero-order valence-corrected chi connectivity index (χ0v) is 25.5. The predicted octanol–water partition coefficient (Wildman–Crippen LogP) is 0.0729. The predicted molar refractivity (Wildman–Crippen MR) is 149 cm³/mol. The summed E-state index contributed by atoms with van der Waals surface area (Å²) >= 11 is 0. The van der Waals surface area contributed by atoms with Gasteiger partial charge >= 0.3 is 12.1 Å². The second-order valence-electron chi connectivity index (χ2n) is 12.6. The van der Waals surface area contributed by atoms with E-state index in [0.717, 1.165) is 0 Å². The number of nitrogens with one attached hydrogen (secondary N) is 1. The molecular weight excluding hydrogens is 637 g/mol. The van der Waals surface area contributed by atoms with Crippen molar-refractivity contribution >= 4 is 23.6 Å². The van der Waals surface area contributed by atoms with Gasteiger partial charge in [-0.3, -0.25) is 14.4 Å². The minimum Gasteiger partial charge on any atom is -0.464 e. The number of amides is 1. The van der Waals surface area contributed by atoms with Crippen molar-refractivity contribution < 1.29 is 68.2 Å². The number of nitrogens with zero attached hydrogens (tertiary/aromatic N) is 2. The van der Waals surface area contributed by atoms with Crippen LogP contribution in [0.2, 0.25) is 0 Å². The van der Waals surface area contributed by atoms with Crippen molar-refractivity contribution in [3.63, 3.8) is 0 Å². The maximum absolute atomic E-state index is 17.2. The molecule has 0 radical (unpaired) electrons. The lowest BCUT2D eigenvalue weighted by Gasteiger charge is -2.62. The molecular formula is C28H36FN3O15. The molecule has 0 aromatic carbocycles. The number of carbonyl (C=O) groups is 4. The molecule has 0 heterocycles. The summed E-state index contributed by atoms with van der Waals surface area (Å²) in [5.74, 6) is -4.11. The number of alkyl halides is 1. The van der Waals surface area contributed by atoms with E-state index < -0.39 is 113 Å². The molecule has 3 fully saturated rings. The molecule has 0 aliphatic heterocycles. The van der Waals surface area contributed by atoms with Crippen molar-refractivity contribution in [1.29, 1.82) is 0 Å². The van der Waals surface area contributed by atoms with E-state index in [2.05, 4.69) is 9.68 Å². The molecule has 3 unspecified atom stereocenters. The summed E-state index contributed by atoms with van der Waals surface area (Å²) in [6.07, 6.45) is -2.47. The fourth-order valence-electron chi connectivity index (χ4n) is 7.95. The number of carbonyl (C=O) groups excluding carboxylic acids is 4. The Morgan fingerprint density at radius 1 is 1.13 bits per heavy atom. The van der Waals surface area contributed by atoms with Crippen molar-refractivity contribution in [3.8, 4) is 0 Å². The summed E-state index contributed by atoms with van der Waals surface area (Å²) in [4.78, 5) is 78.5. The van der Waals surface area contributed by atoms with Crippen molar-refractivity contribution in [1.82, 2.24) is 5.32 Å². The number of fused-ring (bicyclic) bond motifs is 5. The van der Waals surface area contributed by atoms with Crippen LogP contribution in [-0.2, 0) is 33.5 Å². The molecule has 3 saturated carbocycles. The molecule has 0 bridgehead atoms. The molecule has 0 aromatic heterocycles. The van der Waals surface area contributed by atoms with Gasteiger partial charge in [-0.1, -0.05) is 18.6 Å². The summed E-state index contributed by atoms with van der Waals surface area (Å²) in [6, 6.07) is 0. The van der Waals surface area contributed by atoms with Crippen LogP contribution in [0.25, 0.3) is 0 Å². The van der Waals surface area contributed by atoms with Crippen LogP contribution in [0.4, 0.5) is 9.18 Å². The van der Waals surface area contributed by atoms with Crippen molar-refractivity contribution in [2.75, 3.05) is 26.4 Å². The van der Waals surface area contributed by atoms with Crippen LogP contribution >= 0.6 is 0 Å². The maximum atomic E-state index is 17.2. The lowest BCUT2D eigenvalue weighted by molar-refractivity contribution is -0.790. The summed E-state index contributed by atoms with van der Waals surface area (Å²) < 4.78 is 26.8. The quantitative estimate of drug-likeness (QED) is 0.114. The van der Waals surface area contributed by atoms with E-state index in [9.17, 15) is 54.7 Å². The van der Waals surface area contributed by atoms with Gasteiger partial charge in [-0.25, -0.2) is 9.18 Å². The first-order chi connectivity index (χ1) is 21.9. The molecule has 0 spiro atoms. The highest BCUT2D eigenvalue weighted by Gasteiger charge is 2.76. The van der Waals surface area contributed by atoms with E-state index in [1.807, 2.05) is 5.32 Å². The van der Waals surface area contributed by atoms with Gasteiger partial charge in [0.1, 0.15) is 19.3 Å². The summed E-state index contributed by atoms with van der Waals surface area (Å²) in [5, 5.41) is 54.4. The van der Waals surface area contributed by atoms with Gasteiger partial charge in [0.2, 0.25) is 5.78 Å². The van der Waals surface area contributed by atoms with Gasteiger partial charge < -0.3 is 39.8 Å². The SMILES string of the molecule is C[C@]12C=CC(=O)C=C1CCC1C3C[C@@H](O)[C@](O)(C(=O)COC(=O)NCC(=O)OCCC(CO[N+](=O)[O-])O[N+](=O)[O-])[C@@]3(C)C[C@H](O)[C@@]12F. The Bertz CT molecular complexity index is 1390. The fourth-order valence-corrected chi connectivity index (χ4v) is 7.95. The van der Waals surface area contributed by atoms with Gasteiger partial charge in [0.25, 0.3) is 10.2 Å². The molecule has 47 heavy (non-hydrogen) atoms. The van der Waals surface area contributed by atoms with Crippen LogP contribution in [-0.4, -0.2) is 105 Å². The number of allylic oxidation sites excluding steroid dienone is 4. The third kappa shape index (κ3) is 6.26. The fraction of sp³-hybridized carbons (Fsp3) is 0.714. The number of aliphatic hydroxyl groups is 3. The van der Waals surface area contributed by atoms with E-state index in [-0.39, 0.29) is 25.0 Å². The largest absolute Gasteiger partial charge is 0.464 e. The highest BCUT2D eigenvalue weighted by atomic mass is 19.1. The van der Waals surface area contributed by atoms with E-state index in [1.54, 1.807) is 6.92 Å². The van der Waals surface area contributed by atoms with Crippen molar-refractivity contribution in [3.05, 3.63) is 44.0 Å². The zero-order valence-electron chi connectivity index (χ0n) is 25.5. The number of rotatable bonds is 13. The Morgan fingerprint density at radius 2 is 1.83 bits per heavy atom. The first-order valence-electron chi connectivity index (χ1n) is 14.8. The lowest BCUT2D eigenvalue weighted by Crippen LogP contribution is -2.69. The molecule has 260 valence electrons. The average Bonchev–Trinajstić information content (AvgIpc) is 3.19. The van der Waals surface area contributed by atoms with Crippen molar-refractivity contribution in [2.24, 2.45) is 22.7 Å². The molecule has 9 atom stereocenters. The Labute approximate surface area is 266 Å². The molecule has 4 aliphatic rings. The zero-order chi connectivity index (χ0) is 34.9. The van der Waals surface area contributed by atoms with Gasteiger partial charge in [0.15, 0.2) is 23.7 Å². The number of hydrogen-bond acceptors (Lipinski definition) is 15. The lowest BCUT2D eigenvalue weighted by atomic mass is 9.44. The van der Waals surface area contributed by atoms with Crippen molar-refractivity contribution in [2.45, 2.75) is 75.5 Å². The number of hydrogen-bond donors (Lipinski definition) is 4. The standard InChI is InChI=1S/C28H36FN3O15/c1-25-7-5-16(33)9-15(25)3-4-18-19-10-20(34)28(39,26(19,2)11-21(35)27(18,25)29)22(36)14-45-24(38)30-12-23(37)44-8-6-17(47-32(42)43)13-46-31(40)41/h5,7,9,17-21,34-35,39H,3-4,6,8,10-14H2,1-2H3,(H,30,38)/t17?,18?,19?,20-,21+,25+,26+,27+,28+/m1/s1. The van der Waals surface area contributed by atoms with Gasteiger partial charge in [0, 0.05) is 23.2 Å². The minimum absolute atomic E-state index is 0.177. The number of halogens is 1. The summed E-state index contributed by atoms with van der Waals surface area (Å²) in [6.45, 7) is -0.0747. The van der Waals surface area contributed by atoms with Gasteiger partial charge in [-0.05, 0) is 50.7 Å². The van der Waals surface area contributed by atoms with Crippen LogP contribution in [0, 0.1) is 42.9 Å². The Morgan fingerprint density at radius 3 is 2.49 bits per heavy atom. The normalized spacial score (nSPS) is 36.0. The molecule has 4 N–H and O–H groups in total. The van der Waals surface area contributed by atoms with E-state index in [0.29, 0.717) is 12.0 Å². The van der Waals surface area contributed by atoms with E-state index >= 15 is 4.39 Å². The Hall–Kier alpha value is -4.23. The second-order valence-corrected chi connectivity index (χ2v) is 12.6. The first kappa shape index (κ1) is 35.6. The molecule has 4 rings (SSSR count). The number of ketones is 2. The van der Waals surface area contributed by atoms with Crippen LogP contribution in [0.15, 0.2) is 23.8 Å². The molecule has 19 heteroatoms. The molecule has 18 nitrogen and oxygen atoms in total. The monoisotopic (exact) mass is 673 g/mol. The Balaban J connectivity index is 1.33. The highest BCUT2D eigenvalue weighted by molar-refractivity contribution is 6.01. The number of alkyl carbamates (subject to hydrolysis) is 1. The summed E-state index contributed by atoms with van der Waals surface area (Å²) in [5.41, 5.74) is -7.11. The third-order valence-electron chi connectivity index (χ3n) is 10.3. The minimum atomic E-state index is -2.53. The van der Waals surface area contributed by atoms with Gasteiger partial charge in [-0.15, -0.1) is 20.2 Å². The van der Waals surface area contributed by atoms with Crippen LogP contribution in [0.3, 0.4) is 0 Å². The average molecular weight is 674 g/mol. The number of ether oxygens (including phenoxy) is 2. The smallest absolute Gasteiger partial charge is 0.408 e. The topological polar surface area (TPSA) is 264 Å². The number of aliphatic hydroxyl groups excluding tert-OH is 2. The molecule has 0 saturated heterocycles.